The lowest BCUT2D eigenvalue weighted by Gasteiger charge is -2.42. The third kappa shape index (κ3) is 6.65. The molecule has 0 radical (unpaired) electrons. The van der Waals surface area contributed by atoms with Crippen molar-refractivity contribution in [3.63, 3.8) is 0 Å². The first-order valence-electron chi connectivity index (χ1n) is 13.5. The van der Waals surface area contributed by atoms with Crippen LogP contribution < -0.4 is 0 Å². The fourth-order valence-corrected chi connectivity index (χ4v) is 6.63. The first-order valence-corrected chi connectivity index (χ1v) is 14.3. The SMILES string of the molecule is C/C(=C\c1cc(Br)ccc1O)CC[C@H]1OB(O)C[C@H]2C1=C(CO)C[C@H]1C(=O)N(CCCCCC(=O)O)C(=O)[C@H]12. The van der Waals surface area contributed by atoms with Gasteiger partial charge in [-0.05, 0) is 80.6 Å². The fraction of sp³-hybridized carbons (Fsp3) is 0.536. The number of benzene rings is 1. The zero-order valence-corrected chi connectivity index (χ0v) is 23.6. The number of aliphatic hydroxyl groups excluding tert-OH is 1. The number of imide groups is 1. The van der Waals surface area contributed by atoms with E-state index in [-0.39, 0.29) is 49.9 Å². The molecule has 9 nitrogen and oxygen atoms in total. The summed E-state index contributed by atoms with van der Waals surface area (Å²) in [6.07, 6.45) is 4.64. The van der Waals surface area contributed by atoms with Gasteiger partial charge in [-0.1, -0.05) is 34.0 Å². The molecule has 2 aliphatic heterocycles. The zero-order valence-electron chi connectivity index (χ0n) is 22.0. The van der Waals surface area contributed by atoms with E-state index in [4.69, 9.17) is 9.76 Å². The molecular formula is C28H35BBrNO8. The van der Waals surface area contributed by atoms with Crippen LogP contribution in [0.4, 0.5) is 0 Å². The number of halogens is 1. The molecule has 2 saturated heterocycles. The number of aliphatic carboxylic acids is 1. The molecule has 1 aliphatic carbocycles. The van der Waals surface area contributed by atoms with Gasteiger partial charge in [0.1, 0.15) is 5.75 Å². The van der Waals surface area contributed by atoms with Gasteiger partial charge in [-0.3, -0.25) is 19.3 Å². The van der Waals surface area contributed by atoms with Crippen LogP contribution in [0.3, 0.4) is 0 Å². The van der Waals surface area contributed by atoms with E-state index in [1.807, 2.05) is 19.1 Å². The molecular weight excluding hydrogens is 569 g/mol. The fourth-order valence-electron chi connectivity index (χ4n) is 6.26. The molecule has 0 spiro atoms. The number of aliphatic hydroxyl groups is 1. The number of nitrogens with zero attached hydrogens (tertiary/aromatic N) is 1. The molecule has 2 heterocycles. The van der Waals surface area contributed by atoms with Crippen molar-refractivity contribution in [3.05, 3.63) is 45.0 Å². The second kappa shape index (κ2) is 12.8. The third-order valence-corrected chi connectivity index (χ3v) is 8.55. The Morgan fingerprint density at radius 2 is 1.95 bits per heavy atom. The van der Waals surface area contributed by atoms with Crippen molar-refractivity contribution in [1.29, 1.82) is 0 Å². The van der Waals surface area contributed by atoms with Gasteiger partial charge in [0, 0.05) is 23.0 Å². The standard InChI is InChI=1S/C28H35BBrNO8/c1-16(11-17-12-19(30)7-8-22(17)33)6-9-23-25-18(15-32)13-20-26(21(25)14-29(38)39-23)28(37)31(27(20)36)10-4-2-3-5-24(34)35/h7-8,11-12,20-21,23,26,32-33,38H,2-6,9-10,13-15H2,1H3,(H,34,35)/b16-11+/t20-,21+,23-,26-/m1/s1. The maximum absolute atomic E-state index is 13.5. The van der Waals surface area contributed by atoms with E-state index < -0.39 is 36.9 Å². The second-order valence-corrected chi connectivity index (χ2v) is 11.7. The molecule has 0 aromatic heterocycles. The summed E-state index contributed by atoms with van der Waals surface area (Å²) < 4.78 is 6.77. The average molecular weight is 604 g/mol. The minimum absolute atomic E-state index is 0.0559. The number of rotatable bonds is 11. The first kappa shape index (κ1) is 29.5. The van der Waals surface area contributed by atoms with Crippen molar-refractivity contribution in [2.45, 2.75) is 64.3 Å². The van der Waals surface area contributed by atoms with Crippen LogP contribution in [0, 0.1) is 17.8 Å². The van der Waals surface area contributed by atoms with Gasteiger partial charge >= 0.3 is 13.1 Å². The molecule has 2 fully saturated rings. The molecule has 0 bridgehead atoms. The Morgan fingerprint density at radius 1 is 1.18 bits per heavy atom. The summed E-state index contributed by atoms with van der Waals surface area (Å²) in [5.74, 6) is -2.77. The minimum Gasteiger partial charge on any atom is -0.507 e. The Bertz CT molecular complexity index is 1180. The highest BCUT2D eigenvalue weighted by molar-refractivity contribution is 9.10. The monoisotopic (exact) mass is 603 g/mol. The van der Waals surface area contributed by atoms with Gasteiger partial charge in [0.2, 0.25) is 11.8 Å². The van der Waals surface area contributed by atoms with Crippen LogP contribution in [0.2, 0.25) is 6.32 Å². The number of allylic oxidation sites excluding steroid dienone is 1. The van der Waals surface area contributed by atoms with Crippen molar-refractivity contribution in [2.75, 3.05) is 13.2 Å². The molecule has 0 unspecified atom stereocenters. The van der Waals surface area contributed by atoms with Crippen LogP contribution >= 0.6 is 15.9 Å². The van der Waals surface area contributed by atoms with Gasteiger partial charge in [0.15, 0.2) is 0 Å². The highest BCUT2D eigenvalue weighted by Crippen LogP contribution is 2.50. The average Bonchev–Trinajstić information content (AvgIpc) is 3.12. The topological polar surface area (TPSA) is 145 Å². The van der Waals surface area contributed by atoms with Crippen molar-refractivity contribution < 1.29 is 39.4 Å². The van der Waals surface area contributed by atoms with E-state index in [1.54, 1.807) is 12.1 Å². The van der Waals surface area contributed by atoms with E-state index in [0.717, 1.165) is 15.6 Å². The number of phenols is 1. The quantitative estimate of drug-likeness (QED) is 0.129. The Hall–Kier alpha value is -2.47. The number of hydrogen-bond donors (Lipinski definition) is 4. The van der Waals surface area contributed by atoms with E-state index in [2.05, 4.69) is 15.9 Å². The highest BCUT2D eigenvalue weighted by Gasteiger charge is 2.57. The number of aromatic hydroxyl groups is 1. The van der Waals surface area contributed by atoms with Gasteiger partial charge in [-0.2, -0.15) is 0 Å². The first-order chi connectivity index (χ1) is 18.6. The maximum Gasteiger partial charge on any atom is 0.455 e. The smallest absolute Gasteiger partial charge is 0.455 e. The lowest BCUT2D eigenvalue weighted by atomic mass is 9.58. The lowest BCUT2D eigenvalue weighted by molar-refractivity contribution is -0.141. The number of carboxylic acids is 1. The van der Waals surface area contributed by atoms with Gasteiger partial charge in [-0.15, -0.1) is 0 Å². The summed E-state index contributed by atoms with van der Waals surface area (Å²) in [5, 5.41) is 39.8. The number of unbranched alkanes of at least 4 members (excludes halogenated alkanes) is 2. The van der Waals surface area contributed by atoms with Crippen LogP contribution in [-0.2, 0) is 19.0 Å². The molecule has 2 amide bonds. The number of carbonyl (C=O) groups excluding carboxylic acids is 2. The molecule has 1 aromatic carbocycles. The Balaban J connectivity index is 1.49. The summed E-state index contributed by atoms with van der Waals surface area (Å²) in [6.45, 7) is 1.95. The van der Waals surface area contributed by atoms with Crippen LogP contribution in [0.25, 0.3) is 6.08 Å². The molecule has 4 atom stereocenters. The molecule has 11 heteroatoms. The van der Waals surface area contributed by atoms with Gasteiger partial charge in [0.25, 0.3) is 0 Å². The molecule has 0 saturated carbocycles. The zero-order chi connectivity index (χ0) is 28.3. The predicted octanol–water partition coefficient (Wildman–Crippen LogP) is 3.77. The molecule has 39 heavy (non-hydrogen) atoms. The van der Waals surface area contributed by atoms with Crippen molar-refractivity contribution >= 4 is 46.9 Å². The van der Waals surface area contributed by atoms with Crippen molar-refractivity contribution in [1.82, 2.24) is 4.90 Å². The van der Waals surface area contributed by atoms with E-state index >= 15 is 0 Å². The largest absolute Gasteiger partial charge is 0.507 e. The van der Waals surface area contributed by atoms with Crippen molar-refractivity contribution in [2.24, 2.45) is 17.8 Å². The highest BCUT2D eigenvalue weighted by atomic mass is 79.9. The second-order valence-electron chi connectivity index (χ2n) is 10.7. The molecule has 4 rings (SSSR count). The van der Waals surface area contributed by atoms with Crippen molar-refractivity contribution in [3.8, 4) is 5.75 Å². The van der Waals surface area contributed by atoms with Gasteiger partial charge < -0.3 is 25.0 Å². The van der Waals surface area contributed by atoms with E-state index in [9.17, 15) is 29.6 Å². The minimum atomic E-state index is -1.09. The number of carboxylic acid groups (broad SMARTS) is 1. The Kier molecular flexibility index (Phi) is 9.69. The molecule has 3 aliphatic rings. The van der Waals surface area contributed by atoms with Crippen LogP contribution in [0.1, 0.15) is 57.4 Å². The summed E-state index contributed by atoms with van der Waals surface area (Å²) >= 11 is 3.41. The molecule has 210 valence electrons. The molecule has 4 N–H and O–H groups in total. The Morgan fingerprint density at radius 3 is 2.67 bits per heavy atom. The van der Waals surface area contributed by atoms with E-state index in [0.29, 0.717) is 43.2 Å². The van der Waals surface area contributed by atoms with Crippen LogP contribution in [0.5, 0.6) is 5.75 Å². The van der Waals surface area contributed by atoms with Gasteiger partial charge in [0.05, 0.1) is 24.5 Å². The summed E-state index contributed by atoms with van der Waals surface area (Å²) in [6, 6.07) is 5.20. The third-order valence-electron chi connectivity index (χ3n) is 8.05. The summed E-state index contributed by atoms with van der Waals surface area (Å²) in [7, 11) is -1.09. The number of likely N-dealkylation sites (tertiary alicyclic amines) is 1. The summed E-state index contributed by atoms with van der Waals surface area (Å²) in [5.41, 5.74) is 3.20. The Labute approximate surface area is 236 Å². The number of phenolic OH excluding ortho intramolecular Hbond substituents is 1. The number of amides is 2. The summed E-state index contributed by atoms with van der Waals surface area (Å²) in [4.78, 5) is 38.8. The number of carbonyl (C=O) groups is 3. The van der Waals surface area contributed by atoms with E-state index in [1.165, 1.54) is 4.90 Å². The van der Waals surface area contributed by atoms with Crippen LogP contribution in [0.15, 0.2) is 39.4 Å². The lowest BCUT2D eigenvalue weighted by Crippen LogP contribution is -2.46. The number of hydrogen-bond acceptors (Lipinski definition) is 7. The van der Waals surface area contributed by atoms with Crippen LogP contribution in [-0.4, -0.2) is 69.4 Å². The maximum atomic E-state index is 13.5. The number of fused-ring (bicyclic) bond motifs is 3. The van der Waals surface area contributed by atoms with Gasteiger partial charge in [-0.25, -0.2) is 0 Å². The molecule has 1 aromatic rings. The normalized spacial score (nSPS) is 25.3. The predicted molar refractivity (Wildman–Crippen MR) is 148 cm³/mol.